The molecule has 1 N–H and O–H groups in total. The molecule has 0 spiro atoms. The molecule has 2 heterocycles. The standard InChI is InChI=1S/C9H10Br2N2O2/c10-6-5-7(12-8(6)11)9(14)13-1-3-15-4-2-13/h5,12H,1-4H2. The van der Waals surface area contributed by atoms with Crippen LogP contribution < -0.4 is 0 Å². The zero-order valence-electron chi connectivity index (χ0n) is 7.93. The third-order valence-electron chi connectivity index (χ3n) is 2.25. The Bertz CT molecular complexity index is 353. The van der Waals surface area contributed by atoms with Gasteiger partial charge in [-0.1, -0.05) is 0 Å². The summed E-state index contributed by atoms with van der Waals surface area (Å²) in [4.78, 5) is 16.7. The van der Waals surface area contributed by atoms with E-state index in [9.17, 15) is 4.79 Å². The fraction of sp³-hybridized carbons (Fsp3) is 0.444. The quantitative estimate of drug-likeness (QED) is 0.852. The van der Waals surface area contributed by atoms with Gasteiger partial charge in [-0.3, -0.25) is 4.79 Å². The molecular weight excluding hydrogens is 328 g/mol. The number of ether oxygens (including phenoxy) is 1. The van der Waals surface area contributed by atoms with E-state index in [1.165, 1.54) is 0 Å². The van der Waals surface area contributed by atoms with Gasteiger partial charge in [-0.2, -0.15) is 0 Å². The Labute approximate surface area is 104 Å². The third-order valence-corrected chi connectivity index (χ3v) is 4.04. The highest BCUT2D eigenvalue weighted by atomic mass is 79.9. The Morgan fingerprint density at radius 1 is 1.40 bits per heavy atom. The van der Waals surface area contributed by atoms with Crippen molar-refractivity contribution in [1.82, 2.24) is 9.88 Å². The Kier molecular flexibility index (Phi) is 3.48. The number of nitrogens with zero attached hydrogens (tertiary/aromatic N) is 1. The molecule has 1 aliphatic heterocycles. The third kappa shape index (κ3) is 2.43. The molecule has 1 aliphatic rings. The monoisotopic (exact) mass is 336 g/mol. The van der Waals surface area contributed by atoms with Gasteiger partial charge in [0, 0.05) is 13.1 Å². The number of rotatable bonds is 1. The van der Waals surface area contributed by atoms with Crippen LogP contribution in [0.25, 0.3) is 0 Å². The van der Waals surface area contributed by atoms with E-state index >= 15 is 0 Å². The Balaban J connectivity index is 2.12. The molecule has 1 aromatic heterocycles. The SMILES string of the molecule is O=C(c1cc(Br)c(Br)[nH]1)N1CCOCC1. The van der Waals surface area contributed by atoms with Crippen LogP contribution in [-0.4, -0.2) is 42.1 Å². The maximum Gasteiger partial charge on any atom is 0.270 e. The van der Waals surface area contributed by atoms with Gasteiger partial charge >= 0.3 is 0 Å². The maximum atomic E-state index is 12.0. The van der Waals surface area contributed by atoms with Crippen molar-refractivity contribution < 1.29 is 9.53 Å². The molecule has 15 heavy (non-hydrogen) atoms. The predicted octanol–water partition coefficient (Wildman–Crippen LogP) is 2.01. The van der Waals surface area contributed by atoms with Gasteiger partial charge in [0.25, 0.3) is 5.91 Å². The molecule has 0 aromatic carbocycles. The smallest absolute Gasteiger partial charge is 0.270 e. The van der Waals surface area contributed by atoms with Crippen molar-refractivity contribution in [3.63, 3.8) is 0 Å². The van der Waals surface area contributed by atoms with Crippen LogP contribution in [0.4, 0.5) is 0 Å². The summed E-state index contributed by atoms with van der Waals surface area (Å²) in [6, 6.07) is 1.78. The Hall–Kier alpha value is -0.330. The van der Waals surface area contributed by atoms with E-state index in [1.54, 1.807) is 11.0 Å². The topological polar surface area (TPSA) is 45.3 Å². The molecule has 0 atom stereocenters. The van der Waals surface area contributed by atoms with Crippen LogP contribution >= 0.6 is 31.9 Å². The summed E-state index contributed by atoms with van der Waals surface area (Å²) in [5.41, 5.74) is 0.593. The first-order valence-corrected chi connectivity index (χ1v) is 6.18. The van der Waals surface area contributed by atoms with Crippen molar-refractivity contribution in [3.8, 4) is 0 Å². The zero-order valence-corrected chi connectivity index (χ0v) is 11.1. The number of carbonyl (C=O) groups excluding carboxylic acids is 1. The number of hydrogen-bond donors (Lipinski definition) is 1. The fourth-order valence-electron chi connectivity index (χ4n) is 1.46. The van der Waals surface area contributed by atoms with Crippen LogP contribution in [0.3, 0.4) is 0 Å². The molecule has 0 radical (unpaired) electrons. The summed E-state index contributed by atoms with van der Waals surface area (Å²) in [5.74, 6) is 0.0182. The van der Waals surface area contributed by atoms with Crippen LogP contribution in [-0.2, 0) is 4.74 Å². The van der Waals surface area contributed by atoms with Gasteiger partial charge in [-0.25, -0.2) is 0 Å². The van der Waals surface area contributed by atoms with Gasteiger partial charge in [-0.05, 0) is 37.9 Å². The first-order valence-electron chi connectivity index (χ1n) is 4.59. The second kappa shape index (κ2) is 4.67. The van der Waals surface area contributed by atoms with E-state index in [1.807, 2.05) is 0 Å². The molecule has 1 saturated heterocycles. The molecule has 1 amide bonds. The lowest BCUT2D eigenvalue weighted by atomic mass is 10.3. The lowest BCUT2D eigenvalue weighted by Crippen LogP contribution is -2.40. The van der Waals surface area contributed by atoms with Crippen molar-refractivity contribution in [2.75, 3.05) is 26.3 Å². The molecule has 1 fully saturated rings. The van der Waals surface area contributed by atoms with Crippen LogP contribution in [0.15, 0.2) is 15.1 Å². The molecule has 0 bridgehead atoms. The average molecular weight is 338 g/mol. The number of aromatic amines is 1. The van der Waals surface area contributed by atoms with Gasteiger partial charge in [-0.15, -0.1) is 0 Å². The molecule has 0 saturated carbocycles. The zero-order chi connectivity index (χ0) is 10.8. The number of carbonyl (C=O) groups is 1. The molecule has 1 aromatic rings. The van der Waals surface area contributed by atoms with E-state index in [2.05, 4.69) is 36.8 Å². The van der Waals surface area contributed by atoms with Crippen LogP contribution in [0, 0.1) is 0 Å². The highest BCUT2D eigenvalue weighted by molar-refractivity contribution is 9.13. The number of hydrogen-bond acceptors (Lipinski definition) is 2. The van der Waals surface area contributed by atoms with Crippen LogP contribution in [0.2, 0.25) is 0 Å². The maximum absolute atomic E-state index is 12.0. The van der Waals surface area contributed by atoms with Crippen molar-refractivity contribution >= 4 is 37.8 Å². The minimum absolute atomic E-state index is 0.0182. The summed E-state index contributed by atoms with van der Waals surface area (Å²) in [7, 11) is 0. The van der Waals surface area contributed by atoms with Crippen LogP contribution in [0.1, 0.15) is 10.5 Å². The minimum Gasteiger partial charge on any atom is -0.378 e. The second-order valence-electron chi connectivity index (χ2n) is 3.25. The first kappa shape index (κ1) is 11.2. The van der Waals surface area contributed by atoms with Gasteiger partial charge in [0.2, 0.25) is 0 Å². The second-order valence-corrected chi connectivity index (χ2v) is 4.90. The summed E-state index contributed by atoms with van der Waals surface area (Å²) >= 11 is 6.65. The Morgan fingerprint density at radius 3 is 2.60 bits per heavy atom. The summed E-state index contributed by atoms with van der Waals surface area (Å²) in [5, 5.41) is 0. The fourth-order valence-corrected chi connectivity index (χ4v) is 2.11. The highest BCUT2D eigenvalue weighted by Crippen LogP contribution is 2.23. The molecule has 2 rings (SSSR count). The lowest BCUT2D eigenvalue weighted by Gasteiger charge is -2.26. The lowest BCUT2D eigenvalue weighted by molar-refractivity contribution is 0.0299. The minimum atomic E-state index is 0.0182. The van der Waals surface area contributed by atoms with Crippen molar-refractivity contribution in [2.24, 2.45) is 0 Å². The van der Waals surface area contributed by atoms with E-state index < -0.39 is 0 Å². The van der Waals surface area contributed by atoms with Gasteiger partial charge in [0.05, 0.1) is 22.3 Å². The first-order chi connectivity index (χ1) is 7.18. The molecule has 6 heteroatoms. The number of morpholine rings is 1. The van der Waals surface area contributed by atoms with Gasteiger partial charge in [0.1, 0.15) is 5.69 Å². The molecule has 0 aliphatic carbocycles. The average Bonchev–Trinajstić information content (AvgIpc) is 2.59. The summed E-state index contributed by atoms with van der Waals surface area (Å²) < 4.78 is 6.84. The van der Waals surface area contributed by atoms with E-state index in [-0.39, 0.29) is 5.91 Å². The number of amides is 1. The molecule has 4 nitrogen and oxygen atoms in total. The number of H-pyrrole nitrogens is 1. The van der Waals surface area contributed by atoms with E-state index in [0.29, 0.717) is 32.0 Å². The molecular formula is C9H10Br2N2O2. The predicted molar refractivity (Wildman–Crippen MR) is 62.9 cm³/mol. The van der Waals surface area contributed by atoms with E-state index in [0.717, 1.165) is 9.08 Å². The number of nitrogens with one attached hydrogen (secondary N) is 1. The van der Waals surface area contributed by atoms with Gasteiger partial charge < -0.3 is 14.6 Å². The Morgan fingerprint density at radius 2 is 2.07 bits per heavy atom. The summed E-state index contributed by atoms with van der Waals surface area (Å²) in [6.07, 6.45) is 0. The summed E-state index contributed by atoms with van der Waals surface area (Å²) in [6.45, 7) is 2.56. The van der Waals surface area contributed by atoms with Crippen molar-refractivity contribution in [2.45, 2.75) is 0 Å². The van der Waals surface area contributed by atoms with Gasteiger partial charge in [0.15, 0.2) is 0 Å². The van der Waals surface area contributed by atoms with Crippen molar-refractivity contribution in [1.29, 1.82) is 0 Å². The number of halogens is 2. The normalized spacial score (nSPS) is 16.8. The largest absolute Gasteiger partial charge is 0.378 e. The molecule has 0 unspecified atom stereocenters. The highest BCUT2D eigenvalue weighted by Gasteiger charge is 2.20. The van der Waals surface area contributed by atoms with E-state index in [4.69, 9.17) is 4.74 Å². The molecule has 82 valence electrons. The number of aromatic nitrogens is 1. The van der Waals surface area contributed by atoms with Crippen LogP contribution in [0.5, 0.6) is 0 Å². The van der Waals surface area contributed by atoms with Crippen molar-refractivity contribution in [3.05, 3.63) is 20.8 Å².